The highest BCUT2D eigenvalue weighted by molar-refractivity contribution is 9.10. The number of aromatic nitrogens is 2. The van der Waals surface area contributed by atoms with Gasteiger partial charge < -0.3 is 15.4 Å². The number of methoxy groups -OCH3 is 1. The second kappa shape index (κ2) is 7.76. The van der Waals surface area contributed by atoms with Crippen LogP contribution >= 0.6 is 15.9 Å². The van der Waals surface area contributed by atoms with Gasteiger partial charge in [0.15, 0.2) is 11.6 Å². The maximum Gasteiger partial charge on any atom is 0.256 e. The highest BCUT2D eigenvalue weighted by Gasteiger charge is 2.08. The third-order valence-corrected chi connectivity index (χ3v) is 3.86. The number of nitrogens with one attached hydrogen (secondary N) is 2. The number of carbonyl (C=O) groups is 1. The number of para-hydroxylation sites is 2. The van der Waals surface area contributed by atoms with Gasteiger partial charge >= 0.3 is 0 Å². The van der Waals surface area contributed by atoms with Gasteiger partial charge in [-0.1, -0.05) is 34.1 Å². The fourth-order valence-electron chi connectivity index (χ4n) is 2.17. The van der Waals surface area contributed by atoms with Crippen molar-refractivity contribution in [2.75, 3.05) is 17.7 Å². The highest BCUT2D eigenvalue weighted by Crippen LogP contribution is 2.26. The van der Waals surface area contributed by atoms with Crippen molar-refractivity contribution < 1.29 is 9.53 Å². The van der Waals surface area contributed by atoms with Crippen molar-refractivity contribution in [1.29, 1.82) is 0 Å². The summed E-state index contributed by atoms with van der Waals surface area (Å²) in [5.41, 5.74) is 1.32. The summed E-state index contributed by atoms with van der Waals surface area (Å²) in [6, 6.07) is 18.0. The lowest BCUT2D eigenvalue weighted by molar-refractivity contribution is 0.102. The molecule has 0 saturated carbocycles. The summed E-state index contributed by atoms with van der Waals surface area (Å²) < 4.78 is 6.12. The molecule has 126 valence electrons. The molecule has 6 nitrogen and oxygen atoms in total. The van der Waals surface area contributed by atoms with E-state index in [4.69, 9.17) is 4.74 Å². The van der Waals surface area contributed by atoms with Crippen molar-refractivity contribution in [3.63, 3.8) is 0 Å². The predicted octanol–water partition coefficient (Wildman–Crippen LogP) is 4.24. The molecule has 2 N–H and O–H groups in total. The number of amides is 1. The third-order valence-electron chi connectivity index (χ3n) is 3.36. The number of hydrogen-bond donors (Lipinski definition) is 2. The Kier molecular flexibility index (Phi) is 5.25. The van der Waals surface area contributed by atoms with Crippen LogP contribution in [0.15, 0.2) is 65.1 Å². The Balaban J connectivity index is 1.69. The zero-order valence-corrected chi connectivity index (χ0v) is 14.9. The van der Waals surface area contributed by atoms with Gasteiger partial charge in [0.2, 0.25) is 0 Å². The normalized spacial score (nSPS) is 10.2. The number of halogens is 1. The van der Waals surface area contributed by atoms with Crippen LogP contribution in [-0.2, 0) is 0 Å². The van der Waals surface area contributed by atoms with Gasteiger partial charge in [0.25, 0.3) is 5.91 Å². The van der Waals surface area contributed by atoms with Crippen LogP contribution < -0.4 is 15.4 Å². The summed E-state index contributed by atoms with van der Waals surface area (Å²) in [7, 11) is 1.60. The Bertz CT molecular complexity index is 884. The first-order valence-corrected chi connectivity index (χ1v) is 8.26. The molecule has 0 aliphatic heterocycles. The molecule has 0 aliphatic carbocycles. The quantitative estimate of drug-likeness (QED) is 0.671. The molecule has 1 aromatic heterocycles. The zero-order valence-electron chi connectivity index (χ0n) is 13.4. The van der Waals surface area contributed by atoms with E-state index in [2.05, 4.69) is 36.8 Å². The molecule has 0 radical (unpaired) electrons. The maximum atomic E-state index is 12.2. The number of ether oxygens (including phenoxy) is 1. The topological polar surface area (TPSA) is 76.1 Å². The van der Waals surface area contributed by atoms with E-state index in [0.717, 1.165) is 10.2 Å². The van der Waals surface area contributed by atoms with E-state index in [0.29, 0.717) is 22.9 Å². The van der Waals surface area contributed by atoms with Gasteiger partial charge in [-0.3, -0.25) is 4.79 Å². The van der Waals surface area contributed by atoms with E-state index in [1.807, 2.05) is 30.3 Å². The van der Waals surface area contributed by atoms with Crippen molar-refractivity contribution in [3.8, 4) is 5.75 Å². The van der Waals surface area contributed by atoms with Gasteiger partial charge in [-0.2, -0.15) is 0 Å². The minimum atomic E-state index is -0.249. The maximum absolute atomic E-state index is 12.2. The molecule has 0 bridgehead atoms. The highest BCUT2D eigenvalue weighted by atomic mass is 79.9. The minimum Gasteiger partial charge on any atom is -0.495 e. The van der Waals surface area contributed by atoms with Crippen LogP contribution in [0.2, 0.25) is 0 Å². The van der Waals surface area contributed by atoms with Crippen LogP contribution in [0, 0.1) is 0 Å². The Morgan fingerprint density at radius 2 is 1.76 bits per heavy atom. The van der Waals surface area contributed by atoms with Crippen molar-refractivity contribution in [2.45, 2.75) is 0 Å². The Morgan fingerprint density at radius 1 is 1.00 bits per heavy atom. The molecular weight excluding hydrogens is 384 g/mol. The van der Waals surface area contributed by atoms with E-state index >= 15 is 0 Å². The van der Waals surface area contributed by atoms with Gasteiger partial charge in [0.1, 0.15) is 5.75 Å². The van der Waals surface area contributed by atoms with E-state index in [1.165, 1.54) is 0 Å². The fraction of sp³-hybridized carbons (Fsp3) is 0.0556. The van der Waals surface area contributed by atoms with E-state index in [9.17, 15) is 4.79 Å². The summed E-state index contributed by atoms with van der Waals surface area (Å²) >= 11 is 3.34. The minimum absolute atomic E-state index is 0.249. The van der Waals surface area contributed by atoms with Crippen molar-refractivity contribution in [1.82, 2.24) is 10.2 Å². The molecule has 0 aliphatic rings. The zero-order chi connectivity index (χ0) is 17.6. The van der Waals surface area contributed by atoms with Gasteiger partial charge in [-0.15, -0.1) is 10.2 Å². The second-order valence-corrected chi connectivity index (χ2v) is 6.01. The first-order chi connectivity index (χ1) is 12.2. The molecule has 3 rings (SSSR count). The molecule has 0 unspecified atom stereocenters. The van der Waals surface area contributed by atoms with Gasteiger partial charge in [-0.25, -0.2) is 0 Å². The van der Waals surface area contributed by atoms with Gasteiger partial charge in [0, 0.05) is 10.0 Å². The van der Waals surface area contributed by atoms with Crippen LogP contribution in [0.3, 0.4) is 0 Å². The molecule has 0 saturated heterocycles. The van der Waals surface area contributed by atoms with Crippen LogP contribution in [-0.4, -0.2) is 23.2 Å². The number of hydrogen-bond acceptors (Lipinski definition) is 5. The van der Waals surface area contributed by atoms with Gasteiger partial charge in [-0.05, 0) is 42.5 Å². The molecule has 25 heavy (non-hydrogen) atoms. The number of carbonyl (C=O) groups excluding carboxylic acids is 1. The lowest BCUT2D eigenvalue weighted by atomic mass is 10.2. The third kappa shape index (κ3) is 4.33. The monoisotopic (exact) mass is 398 g/mol. The summed E-state index contributed by atoms with van der Waals surface area (Å²) in [6.07, 6.45) is 0. The van der Waals surface area contributed by atoms with Crippen LogP contribution in [0.25, 0.3) is 0 Å². The Labute approximate surface area is 153 Å². The number of anilines is 3. The molecule has 0 fully saturated rings. The first kappa shape index (κ1) is 16.9. The second-order valence-electron chi connectivity index (χ2n) is 5.09. The Hall–Kier alpha value is -2.93. The lowest BCUT2D eigenvalue weighted by Gasteiger charge is -2.10. The number of nitrogens with zero attached hydrogens (tertiary/aromatic N) is 2. The Morgan fingerprint density at radius 3 is 2.48 bits per heavy atom. The fourth-order valence-corrected chi connectivity index (χ4v) is 2.57. The smallest absolute Gasteiger partial charge is 0.256 e. The molecule has 1 heterocycles. The summed E-state index contributed by atoms with van der Waals surface area (Å²) in [5.74, 6) is 1.37. The van der Waals surface area contributed by atoms with Crippen LogP contribution in [0.4, 0.5) is 17.3 Å². The molecule has 2 aromatic carbocycles. The SMILES string of the molecule is COc1ccccc1Nc1ccc(NC(=O)c2cccc(Br)c2)nn1. The van der Waals surface area contributed by atoms with Gasteiger partial charge in [0.05, 0.1) is 12.8 Å². The first-order valence-electron chi connectivity index (χ1n) is 7.46. The average molecular weight is 399 g/mol. The average Bonchev–Trinajstić information content (AvgIpc) is 2.64. The molecular formula is C18H15BrN4O2. The van der Waals surface area contributed by atoms with Crippen LogP contribution in [0.1, 0.15) is 10.4 Å². The summed E-state index contributed by atoms with van der Waals surface area (Å²) in [4.78, 5) is 12.2. The standard InChI is InChI=1S/C18H15BrN4O2/c1-25-15-8-3-2-7-14(15)20-16-9-10-17(23-22-16)21-18(24)12-5-4-6-13(19)11-12/h2-11H,1H3,(H,20,22)(H,21,23,24). The summed E-state index contributed by atoms with van der Waals surface area (Å²) in [5, 5.41) is 13.9. The van der Waals surface area contributed by atoms with E-state index < -0.39 is 0 Å². The van der Waals surface area contributed by atoms with E-state index in [-0.39, 0.29) is 5.91 Å². The molecule has 0 atom stereocenters. The van der Waals surface area contributed by atoms with Crippen LogP contribution in [0.5, 0.6) is 5.75 Å². The summed E-state index contributed by atoms with van der Waals surface area (Å²) in [6.45, 7) is 0. The largest absolute Gasteiger partial charge is 0.495 e. The van der Waals surface area contributed by atoms with Crippen molar-refractivity contribution in [2.24, 2.45) is 0 Å². The lowest BCUT2D eigenvalue weighted by Crippen LogP contribution is -2.13. The predicted molar refractivity (Wildman–Crippen MR) is 100 cm³/mol. The number of rotatable bonds is 5. The molecule has 7 heteroatoms. The van der Waals surface area contributed by atoms with Crippen molar-refractivity contribution in [3.05, 3.63) is 70.7 Å². The number of benzene rings is 2. The van der Waals surface area contributed by atoms with Crippen molar-refractivity contribution >= 4 is 39.2 Å². The molecule has 3 aromatic rings. The molecule has 0 spiro atoms. The molecule has 1 amide bonds. The van der Waals surface area contributed by atoms with E-state index in [1.54, 1.807) is 37.4 Å².